The third-order valence-corrected chi connectivity index (χ3v) is 11.1. The van der Waals surface area contributed by atoms with E-state index >= 15 is 0 Å². The van der Waals surface area contributed by atoms with Crippen LogP contribution >= 0.6 is 0 Å². The second-order valence-corrected chi connectivity index (χ2v) is 17.4. The zero-order valence-electron chi connectivity index (χ0n) is 42.0. The Kier molecular flexibility index (Phi) is 51.5. The van der Waals surface area contributed by atoms with E-state index < -0.39 is 6.10 Å². The highest BCUT2D eigenvalue weighted by Crippen LogP contribution is 2.13. The van der Waals surface area contributed by atoms with Gasteiger partial charge in [-0.25, -0.2) is 0 Å². The van der Waals surface area contributed by atoms with Crippen molar-refractivity contribution in [3.05, 3.63) is 97.2 Å². The fourth-order valence-corrected chi connectivity index (χ4v) is 7.16. The lowest BCUT2D eigenvalue weighted by molar-refractivity contribution is -0.163. The van der Waals surface area contributed by atoms with Crippen LogP contribution in [0.2, 0.25) is 0 Å². The highest BCUT2D eigenvalue weighted by molar-refractivity contribution is 5.70. The molecule has 0 bridgehead atoms. The third kappa shape index (κ3) is 51.5. The Morgan fingerprint density at radius 3 is 1.14 bits per heavy atom. The first-order valence-electron chi connectivity index (χ1n) is 26.8. The number of esters is 2. The van der Waals surface area contributed by atoms with Crippen molar-refractivity contribution in [2.45, 2.75) is 245 Å². The summed E-state index contributed by atoms with van der Waals surface area (Å²) in [5, 5.41) is 0. The van der Waals surface area contributed by atoms with Crippen molar-refractivity contribution in [1.29, 1.82) is 0 Å². The minimum atomic E-state index is -0.563. The summed E-state index contributed by atoms with van der Waals surface area (Å²) in [6, 6.07) is 0. The predicted molar refractivity (Wildman–Crippen MR) is 279 cm³/mol. The Balaban J connectivity index is 4.37. The summed E-state index contributed by atoms with van der Waals surface area (Å²) < 4.78 is 17.4. The quantitative estimate of drug-likeness (QED) is 0.0346. The number of hydrogen-bond acceptors (Lipinski definition) is 5. The van der Waals surface area contributed by atoms with Crippen LogP contribution < -0.4 is 0 Å². The number of unbranched alkanes of at least 4 members (excludes halogenated alkanes) is 21. The van der Waals surface area contributed by atoms with Crippen LogP contribution in [0.25, 0.3) is 0 Å². The van der Waals surface area contributed by atoms with Crippen molar-refractivity contribution in [2.24, 2.45) is 0 Å². The molecule has 0 aliphatic heterocycles. The standard InChI is InChI=1S/C59H100O5/c1-4-7-10-13-16-19-22-25-28-30-32-34-37-40-43-46-49-52-58(60)63-56-57(55-62-54-51-48-45-42-39-36-33-29-26-23-20-17-14-11-8-5-2)64-59(61)53-50-47-44-41-38-35-31-27-24-21-18-15-12-9-6-3/h7-8,10-11,16-17,19-20,25-29,31-32,34,57H,4-6,9,12-15,18,21-24,30,33,35-56H2,1-3H3/b10-7-,11-8-,19-16-,20-17-,28-25-,29-26-,31-27-,34-32-. The van der Waals surface area contributed by atoms with Crippen LogP contribution in [0.5, 0.6) is 0 Å². The van der Waals surface area contributed by atoms with E-state index in [2.05, 4.69) is 118 Å². The summed E-state index contributed by atoms with van der Waals surface area (Å²) in [6.45, 7) is 7.54. The number of rotatable bonds is 48. The Morgan fingerprint density at radius 1 is 0.359 bits per heavy atom. The second-order valence-electron chi connectivity index (χ2n) is 17.4. The normalized spacial score (nSPS) is 13.0. The van der Waals surface area contributed by atoms with E-state index in [4.69, 9.17) is 14.2 Å². The van der Waals surface area contributed by atoms with Gasteiger partial charge in [0.25, 0.3) is 0 Å². The average molecular weight is 889 g/mol. The van der Waals surface area contributed by atoms with E-state index in [1.165, 1.54) is 83.5 Å². The molecule has 0 amide bonds. The average Bonchev–Trinajstić information content (AvgIpc) is 3.30. The van der Waals surface area contributed by atoms with Gasteiger partial charge in [0.15, 0.2) is 6.10 Å². The molecule has 366 valence electrons. The number of allylic oxidation sites excluding steroid dienone is 16. The van der Waals surface area contributed by atoms with E-state index in [1.807, 2.05) is 0 Å². The Hall–Kier alpha value is -3.18. The molecular weight excluding hydrogens is 789 g/mol. The van der Waals surface area contributed by atoms with Crippen LogP contribution in [0.4, 0.5) is 0 Å². The van der Waals surface area contributed by atoms with Crippen molar-refractivity contribution in [2.75, 3.05) is 19.8 Å². The largest absolute Gasteiger partial charge is 0.462 e. The third-order valence-electron chi connectivity index (χ3n) is 11.1. The van der Waals surface area contributed by atoms with Gasteiger partial charge < -0.3 is 14.2 Å². The van der Waals surface area contributed by atoms with Crippen LogP contribution in [0.15, 0.2) is 97.2 Å². The van der Waals surface area contributed by atoms with Gasteiger partial charge in [-0.3, -0.25) is 9.59 Å². The number of ether oxygens (including phenoxy) is 3. The van der Waals surface area contributed by atoms with Crippen LogP contribution in [-0.4, -0.2) is 37.9 Å². The molecule has 5 heteroatoms. The maximum atomic E-state index is 12.8. The summed E-state index contributed by atoms with van der Waals surface area (Å²) in [4.78, 5) is 25.4. The molecule has 0 aromatic rings. The smallest absolute Gasteiger partial charge is 0.306 e. The molecule has 0 saturated carbocycles. The van der Waals surface area contributed by atoms with Crippen molar-refractivity contribution >= 4 is 11.9 Å². The van der Waals surface area contributed by atoms with Gasteiger partial charge in [0, 0.05) is 19.4 Å². The highest BCUT2D eigenvalue weighted by atomic mass is 16.6. The van der Waals surface area contributed by atoms with Crippen molar-refractivity contribution in [1.82, 2.24) is 0 Å². The van der Waals surface area contributed by atoms with Gasteiger partial charge in [-0.05, 0) is 116 Å². The molecule has 0 heterocycles. The summed E-state index contributed by atoms with van der Waals surface area (Å²) >= 11 is 0. The Morgan fingerprint density at radius 2 is 0.703 bits per heavy atom. The number of carbonyl (C=O) groups is 2. The molecule has 0 rings (SSSR count). The van der Waals surface area contributed by atoms with Gasteiger partial charge in [0.2, 0.25) is 0 Å². The molecule has 5 nitrogen and oxygen atoms in total. The first-order chi connectivity index (χ1) is 31.6. The topological polar surface area (TPSA) is 61.8 Å². The predicted octanol–water partition coefficient (Wildman–Crippen LogP) is 18.2. The molecular formula is C59H100O5. The van der Waals surface area contributed by atoms with E-state index in [-0.39, 0.29) is 25.2 Å². The molecule has 0 aromatic carbocycles. The molecule has 0 saturated heterocycles. The summed E-state index contributed by atoms with van der Waals surface area (Å²) in [6.07, 6.45) is 72.7. The van der Waals surface area contributed by atoms with E-state index in [9.17, 15) is 9.59 Å². The molecule has 0 N–H and O–H groups in total. The van der Waals surface area contributed by atoms with Crippen molar-refractivity contribution in [3.8, 4) is 0 Å². The zero-order chi connectivity index (χ0) is 46.3. The van der Waals surface area contributed by atoms with E-state index in [1.54, 1.807) is 0 Å². The van der Waals surface area contributed by atoms with Crippen LogP contribution in [0, 0.1) is 0 Å². The first kappa shape index (κ1) is 60.8. The Labute approximate surface area is 396 Å². The number of carbonyl (C=O) groups excluding carboxylic acids is 2. The Bertz CT molecular complexity index is 1230. The minimum Gasteiger partial charge on any atom is -0.462 e. The van der Waals surface area contributed by atoms with Gasteiger partial charge >= 0.3 is 11.9 Å². The number of hydrogen-bond donors (Lipinski definition) is 0. The molecule has 0 spiro atoms. The monoisotopic (exact) mass is 889 g/mol. The molecule has 0 radical (unpaired) electrons. The lowest BCUT2D eigenvalue weighted by atomic mass is 10.1. The van der Waals surface area contributed by atoms with Gasteiger partial charge in [0.1, 0.15) is 6.61 Å². The molecule has 64 heavy (non-hydrogen) atoms. The van der Waals surface area contributed by atoms with Crippen LogP contribution in [-0.2, 0) is 23.8 Å². The molecule has 0 aliphatic carbocycles. The van der Waals surface area contributed by atoms with Gasteiger partial charge in [-0.2, -0.15) is 0 Å². The zero-order valence-corrected chi connectivity index (χ0v) is 42.0. The lowest BCUT2D eigenvalue weighted by Gasteiger charge is -2.18. The maximum Gasteiger partial charge on any atom is 0.306 e. The molecule has 0 aromatic heterocycles. The van der Waals surface area contributed by atoms with E-state index in [0.717, 1.165) is 122 Å². The fraction of sp³-hybridized carbons (Fsp3) is 0.695. The molecule has 1 atom stereocenters. The highest BCUT2D eigenvalue weighted by Gasteiger charge is 2.17. The minimum absolute atomic E-state index is 0.0593. The fourth-order valence-electron chi connectivity index (χ4n) is 7.16. The van der Waals surface area contributed by atoms with Crippen molar-refractivity contribution < 1.29 is 23.8 Å². The second kappa shape index (κ2) is 54.2. The van der Waals surface area contributed by atoms with Gasteiger partial charge in [-0.15, -0.1) is 0 Å². The summed E-state index contributed by atoms with van der Waals surface area (Å²) in [5.41, 5.74) is 0. The van der Waals surface area contributed by atoms with Crippen molar-refractivity contribution in [3.63, 3.8) is 0 Å². The molecule has 0 fully saturated rings. The SMILES string of the molecule is CC/C=C\C/C=C\C/C=C\C/C=C\CCCCCCC(=O)OCC(COCCCCCCCC/C=C\C/C=C\C/C=C\CC)OC(=O)CCCCCCC/C=C\CCCCCCCC. The van der Waals surface area contributed by atoms with Gasteiger partial charge in [0.05, 0.1) is 6.61 Å². The summed E-state index contributed by atoms with van der Waals surface area (Å²) in [7, 11) is 0. The first-order valence-corrected chi connectivity index (χ1v) is 26.8. The van der Waals surface area contributed by atoms with Crippen LogP contribution in [0.3, 0.4) is 0 Å². The maximum absolute atomic E-state index is 12.8. The summed E-state index contributed by atoms with van der Waals surface area (Å²) in [5.74, 6) is -0.443. The molecule has 0 aliphatic rings. The molecule has 1 unspecified atom stereocenters. The van der Waals surface area contributed by atoms with Crippen LogP contribution in [0.1, 0.15) is 239 Å². The van der Waals surface area contributed by atoms with E-state index in [0.29, 0.717) is 19.4 Å². The lowest BCUT2D eigenvalue weighted by Crippen LogP contribution is -2.30. The van der Waals surface area contributed by atoms with Gasteiger partial charge in [-0.1, -0.05) is 208 Å².